The number of aliphatic imine (C=N–C) groups is 1. The smallest absolute Gasteiger partial charge is 0.271 e. The van der Waals surface area contributed by atoms with Gasteiger partial charge >= 0.3 is 0 Å². The predicted octanol–water partition coefficient (Wildman–Crippen LogP) is 1.16. The number of hydrogen-bond acceptors (Lipinski definition) is 7. The van der Waals surface area contributed by atoms with E-state index in [0.717, 1.165) is 0 Å². The van der Waals surface area contributed by atoms with E-state index in [1.807, 2.05) is 0 Å². The van der Waals surface area contributed by atoms with Crippen LogP contribution >= 0.6 is 11.8 Å². The summed E-state index contributed by atoms with van der Waals surface area (Å²) in [6.07, 6.45) is -0.0531. The van der Waals surface area contributed by atoms with Crippen molar-refractivity contribution in [3.63, 3.8) is 0 Å². The highest BCUT2D eigenvalue weighted by Gasteiger charge is 2.31. The van der Waals surface area contributed by atoms with E-state index >= 15 is 0 Å². The number of nitrogens with zero attached hydrogens (tertiary/aromatic N) is 2. The molecular formula is C14H16N4O5S. The molecule has 10 heteroatoms. The maximum Gasteiger partial charge on any atom is 0.271 e. The van der Waals surface area contributed by atoms with E-state index in [0.29, 0.717) is 24.0 Å². The van der Waals surface area contributed by atoms with Gasteiger partial charge in [0.05, 0.1) is 18.1 Å². The number of rotatable bonds is 7. The summed E-state index contributed by atoms with van der Waals surface area (Å²) in [7, 11) is 1.56. The summed E-state index contributed by atoms with van der Waals surface area (Å²) in [6.45, 7) is 0.865. The number of anilines is 1. The standard InChI is InChI=1S/C14H16N4O5S/c1-23-6-5-15-14-17-13(20)11(24-14)8-12(19)16-9-3-2-4-10(7-9)18(21)22/h2-4,7,11H,5-6,8H2,1H3,(H,16,19)(H,15,17,20)/t11-/m0/s1. The molecule has 0 radical (unpaired) electrons. The minimum Gasteiger partial charge on any atom is -0.383 e. The molecule has 1 heterocycles. The highest BCUT2D eigenvalue weighted by molar-refractivity contribution is 8.15. The van der Waals surface area contributed by atoms with Gasteiger partial charge in [-0.2, -0.15) is 0 Å². The number of nitro benzene ring substituents is 1. The number of carbonyl (C=O) groups excluding carboxylic acids is 2. The molecule has 1 fully saturated rings. The molecule has 2 N–H and O–H groups in total. The second-order valence-corrected chi connectivity index (χ2v) is 6.03. The molecule has 128 valence electrons. The fraction of sp³-hybridized carbons (Fsp3) is 0.357. The summed E-state index contributed by atoms with van der Waals surface area (Å²) in [6, 6.07) is 5.62. The fourth-order valence-corrected chi connectivity index (χ4v) is 2.93. The first-order valence-electron chi connectivity index (χ1n) is 7.05. The molecule has 1 atom stereocenters. The van der Waals surface area contributed by atoms with Crippen LogP contribution in [0.25, 0.3) is 0 Å². The van der Waals surface area contributed by atoms with Crippen molar-refractivity contribution in [3.05, 3.63) is 34.4 Å². The van der Waals surface area contributed by atoms with Crippen molar-refractivity contribution < 1.29 is 19.2 Å². The third-order valence-electron chi connectivity index (χ3n) is 3.04. The summed E-state index contributed by atoms with van der Waals surface area (Å²) in [5, 5.41) is 15.8. The Bertz CT molecular complexity index is 679. The van der Waals surface area contributed by atoms with Crippen LogP contribution in [0.15, 0.2) is 29.3 Å². The van der Waals surface area contributed by atoms with Crippen LogP contribution in [0.4, 0.5) is 11.4 Å². The van der Waals surface area contributed by atoms with E-state index in [9.17, 15) is 19.7 Å². The lowest BCUT2D eigenvalue weighted by atomic mass is 10.2. The summed E-state index contributed by atoms with van der Waals surface area (Å²) in [4.78, 5) is 38.2. The monoisotopic (exact) mass is 352 g/mol. The SMILES string of the molecule is COCCN=C1NC(=O)[C@H](CC(=O)Nc2cccc([N+](=O)[O-])c2)S1. The van der Waals surface area contributed by atoms with Crippen LogP contribution < -0.4 is 10.6 Å². The molecule has 0 aromatic heterocycles. The third kappa shape index (κ3) is 5.03. The van der Waals surface area contributed by atoms with Gasteiger partial charge in [0, 0.05) is 31.4 Å². The summed E-state index contributed by atoms with van der Waals surface area (Å²) in [5.41, 5.74) is 0.194. The first-order valence-corrected chi connectivity index (χ1v) is 7.93. The molecule has 1 aromatic rings. The zero-order valence-corrected chi connectivity index (χ0v) is 13.7. The Kier molecular flexibility index (Phi) is 6.27. The van der Waals surface area contributed by atoms with E-state index in [1.165, 1.54) is 30.0 Å². The molecule has 1 aromatic carbocycles. The van der Waals surface area contributed by atoms with Gasteiger partial charge in [-0.1, -0.05) is 17.8 Å². The maximum atomic E-state index is 12.0. The van der Waals surface area contributed by atoms with Crippen molar-refractivity contribution in [2.75, 3.05) is 25.6 Å². The van der Waals surface area contributed by atoms with Gasteiger partial charge in [-0.3, -0.25) is 24.7 Å². The number of hydrogen-bond donors (Lipinski definition) is 2. The van der Waals surface area contributed by atoms with Crippen molar-refractivity contribution in [2.24, 2.45) is 4.99 Å². The van der Waals surface area contributed by atoms with Crippen LogP contribution in [0.2, 0.25) is 0 Å². The van der Waals surface area contributed by atoms with Gasteiger partial charge in [-0.25, -0.2) is 0 Å². The zero-order valence-electron chi connectivity index (χ0n) is 12.9. The van der Waals surface area contributed by atoms with Crippen molar-refractivity contribution in [1.29, 1.82) is 0 Å². The first-order chi connectivity index (χ1) is 11.5. The maximum absolute atomic E-state index is 12.0. The van der Waals surface area contributed by atoms with Crippen LogP contribution in [-0.4, -0.2) is 47.4 Å². The van der Waals surface area contributed by atoms with Crippen LogP contribution in [0.3, 0.4) is 0 Å². The lowest BCUT2D eigenvalue weighted by molar-refractivity contribution is -0.384. The van der Waals surface area contributed by atoms with Crippen LogP contribution in [0.5, 0.6) is 0 Å². The highest BCUT2D eigenvalue weighted by atomic mass is 32.2. The van der Waals surface area contributed by atoms with E-state index < -0.39 is 16.1 Å². The summed E-state index contributed by atoms with van der Waals surface area (Å²) in [5.74, 6) is -0.688. The number of nitrogens with one attached hydrogen (secondary N) is 2. The Balaban J connectivity index is 1.90. The van der Waals surface area contributed by atoms with Crippen LogP contribution in [0, 0.1) is 10.1 Å². The lowest BCUT2D eigenvalue weighted by Gasteiger charge is -2.07. The van der Waals surface area contributed by atoms with Gasteiger partial charge < -0.3 is 15.4 Å². The predicted molar refractivity (Wildman–Crippen MR) is 90.0 cm³/mol. The van der Waals surface area contributed by atoms with Crippen molar-refractivity contribution in [3.8, 4) is 0 Å². The molecular weight excluding hydrogens is 336 g/mol. The van der Waals surface area contributed by atoms with Gasteiger partial charge in [0.25, 0.3) is 5.69 Å². The molecule has 0 aliphatic carbocycles. The molecule has 1 aliphatic rings. The topological polar surface area (TPSA) is 123 Å². The Labute approximate surface area is 142 Å². The second-order valence-electron chi connectivity index (χ2n) is 4.84. The minimum absolute atomic E-state index is 0.0531. The van der Waals surface area contributed by atoms with Gasteiger partial charge in [-0.05, 0) is 6.07 Å². The number of thioether (sulfide) groups is 1. The van der Waals surface area contributed by atoms with E-state index in [2.05, 4.69) is 15.6 Å². The summed E-state index contributed by atoms with van der Waals surface area (Å²) < 4.78 is 4.87. The molecule has 24 heavy (non-hydrogen) atoms. The van der Waals surface area contributed by atoms with Crippen molar-refractivity contribution in [2.45, 2.75) is 11.7 Å². The Morgan fingerprint density at radius 1 is 1.54 bits per heavy atom. The van der Waals surface area contributed by atoms with E-state index in [-0.39, 0.29) is 18.0 Å². The number of methoxy groups -OCH3 is 1. The Morgan fingerprint density at radius 2 is 2.33 bits per heavy atom. The average Bonchev–Trinajstić information content (AvgIpc) is 2.87. The normalized spacial score (nSPS) is 18.5. The number of benzene rings is 1. The van der Waals surface area contributed by atoms with Crippen molar-refractivity contribution >= 4 is 40.1 Å². The number of amidine groups is 1. The minimum atomic E-state index is -0.579. The molecule has 1 saturated heterocycles. The zero-order chi connectivity index (χ0) is 17.5. The molecule has 0 saturated carbocycles. The van der Waals surface area contributed by atoms with Gasteiger partial charge in [0.15, 0.2) is 5.17 Å². The molecule has 2 amide bonds. The lowest BCUT2D eigenvalue weighted by Crippen LogP contribution is -2.28. The van der Waals surface area contributed by atoms with Crippen LogP contribution in [-0.2, 0) is 14.3 Å². The molecule has 0 bridgehead atoms. The largest absolute Gasteiger partial charge is 0.383 e. The number of ether oxygens (including phenoxy) is 1. The quantitative estimate of drug-likeness (QED) is 0.431. The third-order valence-corrected chi connectivity index (χ3v) is 4.16. The molecule has 0 spiro atoms. The molecule has 0 unspecified atom stereocenters. The number of nitro groups is 1. The van der Waals surface area contributed by atoms with Gasteiger partial charge in [-0.15, -0.1) is 0 Å². The highest BCUT2D eigenvalue weighted by Crippen LogP contribution is 2.23. The molecule has 1 aliphatic heterocycles. The van der Waals surface area contributed by atoms with E-state index in [1.54, 1.807) is 13.2 Å². The molecule has 2 rings (SSSR count). The van der Waals surface area contributed by atoms with Gasteiger partial charge in [0.2, 0.25) is 11.8 Å². The average molecular weight is 352 g/mol. The Morgan fingerprint density at radius 3 is 3.04 bits per heavy atom. The van der Waals surface area contributed by atoms with Crippen LogP contribution in [0.1, 0.15) is 6.42 Å². The summed E-state index contributed by atoms with van der Waals surface area (Å²) >= 11 is 1.18. The van der Waals surface area contributed by atoms with Crippen molar-refractivity contribution in [1.82, 2.24) is 5.32 Å². The molecule has 9 nitrogen and oxygen atoms in total. The Hall–Kier alpha value is -2.46. The fourth-order valence-electron chi connectivity index (χ4n) is 1.93. The number of carbonyl (C=O) groups is 2. The second kappa shape index (κ2) is 8.41. The first kappa shape index (κ1) is 17.9. The number of non-ortho nitro benzene ring substituents is 1. The number of amides is 2. The van der Waals surface area contributed by atoms with E-state index in [4.69, 9.17) is 4.74 Å². The van der Waals surface area contributed by atoms with Gasteiger partial charge in [0.1, 0.15) is 5.25 Å².